The fraction of sp³-hybridized carbons (Fsp3) is 0.889. The second-order valence-electron chi connectivity index (χ2n) is 3.31. The van der Waals surface area contributed by atoms with Crippen LogP contribution in [-0.4, -0.2) is 16.9 Å². The van der Waals surface area contributed by atoms with Gasteiger partial charge < -0.3 is 5.32 Å². The third kappa shape index (κ3) is 3.29. The van der Waals surface area contributed by atoms with Crippen LogP contribution in [0.5, 0.6) is 0 Å². The van der Waals surface area contributed by atoms with E-state index in [0.29, 0.717) is 5.92 Å². The molecule has 1 aliphatic rings. The number of nitrogens with one attached hydrogen (secondary N) is 1. The van der Waals surface area contributed by atoms with E-state index in [1.54, 1.807) is 0 Å². The van der Waals surface area contributed by atoms with Crippen molar-refractivity contribution in [3.05, 3.63) is 0 Å². The molecule has 0 aromatic carbocycles. The van der Waals surface area contributed by atoms with Crippen LogP contribution < -0.4 is 5.32 Å². The molecule has 0 bridgehead atoms. The molecule has 1 fully saturated rings. The zero-order chi connectivity index (χ0) is 8.81. The van der Waals surface area contributed by atoms with Crippen LogP contribution in [0.4, 0.5) is 0 Å². The highest BCUT2D eigenvalue weighted by molar-refractivity contribution is 14.1. The van der Waals surface area contributed by atoms with Crippen molar-refractivity contribution in [2.75, 3.05) is 11.0 Å². The average molecular weight is 281 g/mol. The lowest BCUT2D eigenvalue weighted by Crippen LogP contribution is -2.32. The molecule has 1 rings (SSSR count). The summed E-state index contributed by atoms with van der Waals surface area (Å²) in [5.74, 6) is 0.605. The quantitative estimate of drug-likeness (QED) is 0.623. The first-order chi connectivity index (χ1) is 5.84. The third-order valence-electron chi connectivity index (χ3n) is 2.37. The van der Waals surface area contributed by atoms with Crippen LogP contribution in [0, 0.1) is 5.92 Å². The molecule has 1 saturated carbocycles. The number of halogens is 1. The monoisotopic (exact) mass is 281 g/mol. The molecule has 70 valence electrons. The van der Waals surface area contributed by atoms with Gasteiger partial charge in [0.2, 0.25) is 5.91 Å². The largest absolute Gasteiger partial charge is 0.355 e. The minimum atomic E-state index is 0.284. The number of rotatable bonds is 3. The third-order valence-corrected chi connectivity index (χ3v) is 2.91. The summed E-state index contributed by atoms with van der Waals surface area (Å²) < 4.78 is 1.01. The van der Waals surface area contributed by atoms with Gasteiger partial charge in [-0.2, -0.15) is 0 Å². The molecule has 0 heterocycles. The van der Waals surface area contributed by atoms with Crippen LogP contribution in [0.2, 0.25) is 0 Å². The lowest BCUT2D eigenvalue weighted by Gasteiger charge is -2.20. The second kappa shape index (κ2) is 5.78. The summed E-state index contributed by atoms with van der Waals surface area (Å²) in [6.07, 6.45) is 6.00. The van der Waals surface area contributed by atoms with E-state index in [-0.39, 0.29) is 5.91 Å². The maximum Gasteiger partial charge on any atom is 0.223 e. The van der Waals surface area contributed by atoms with Gasteiger partial charge in [0.15, 0.2) is 0 Å². The van der Waals surface area contributed by atoms with Gasteiger partial charge in [-0.1, -0.05) is 41.9 Å². The first-order valence-electron chi connectivity index (χ1n) is 4.68. The summed E-state index contributed by atoms with van der Waals surface area (Å²) >= 11 is 2.28. The fourth-order valence-electron chi connectivity index (χ4n) is 1.68. The van der Waals surface area contributed by atoms with Crippen molar-refractivity contribution in [1.29, 1.82) is 0 Å². The Morgan fingerprint density at radius 2 is 2.00 bits per heavy atom. The molecule has 0 aromatic heterocycles. The lowest BCUT2D eigenvalue weighted by atomic mass is 9.89. The number of hydrogen-bond donors (Lipinski definition) is 1. The van der Waals surface area contributed by atoms with Gasteiger partial charge in [-0.15, -0.1) is 0 Å². The predicted octanol–water partition coefficient (Wildman–Crippen LogP) is 2.12. The number of carbonyl (C=O) groups excluding carboxylic acids is 1. The molecular weight excluding hydrogens is 265 g/mol. The van der Waals surface area contributed by atoms with Crippen molar-refractivity contribution < 1.29 is 4.79 Å². The number of amides is 1. The van der Waals surface area contributed by atoms with Crippen LogP contribution in [0.1, 0.15) is 32.1 Å². The Bertz CT molecular complexity index is 143. The van der Waals surface area contributed by atoms with Crippen molar-refractivity contribution in [1.82, 2.24) is 5.32 Å². The van der Waals surface area contributed by atoms with Crippen LogP contribution in [0.3, 0.4) is 0 Å². The first kappa shape index (κ1) is 10.3. The molecule has 1 amide bonds. The van der Waals surface area contributed by atoms with Crippen LogP contribution >= 0.6 is 22.6 Å². The molecule has 1 N–H and O–H groups in total. The molecule has 2 nitrogen and oxygen atoms in total. The fourth-order valence-corrected chi connectivity index (χ4v) is 1.95. The summed E-state index contributed by atoms with van der Waals surface area (Å²) in [5.41, 5.74) is 0. The van der Waals surface area contributed by atoms with Gasteiger partial charge >= 0.3 is 0 Å². The van der Waals surface area contributed by atoms with Gasteiger partial charge in [0, 0.05) is 16.9 Å². The van der Waals surface area contributed by atoms with E-state index in [1.807, 2.05) is 0 Å². The van der Waals surface area contributed by atoms with Crippen molar-refractivity contribution >= 4 is 28.5 Å². The van der Waals surface area contributed by atoms with Crippen molar-refractivity contribution in [2.24, 2.45) is 5.92 Å². The van der Waals surface area contributed by atoms with Crippen molar-refractivity contribution in [3.63, 3.8) is 0 Å². The Labute approximate surface area is 87.6 Å². The Kier molecular flexibility index (Phi) is 4.95. The normalized spacial score (nSPS) is 19.1. The molecule has 0 spiro atoms. The Morgan fingerprint density at radius 1 is 1.33 bits per heavy atom. The number of hydrogen-bond acceptors (Lipinski definition) is 1. The van der Waals surface area contributed by atoms with E-state index in [1.165, 1.54) is 19.3 Å². The summed E-state index contributed by atoms with van der Waals surface area (Å²) in [4.78, 5) is 11.4. The van der Waals surface area contributed by atoms with E-state index in [4.69, 9.17) is 0 Å². The minimum absolute atomic E-state index is 0.284. The van der Waals surface area contributed by atoms with Gasteiger partial charge in [0.25, 0.3) is 0 Å². The Morgan fingerprint density at radius 3 is 2.58 bits per heavy atom. The maximum atomic E-state index is 11.4. The molecular formula is C9H16INO. The summed E-state index contributed by atoms with van der Waals surface area (Å²) in [7, 11) is 0. The molecule has 3 heteroatoms. The SMILES string of the molecule is O=C(NCCI)C1CCCCC1. The Hall–Kier alpha value is 0.200. The molecule has 0 unspecified atom stereocenters. The smallest absolute Gasteiger partial charge is 0.223 e. The lowest BCUT2D eigenvalue weighted by molar-refractivity contribution is -0.125. The standard InChI is InChI=1S/C9H16INO/c10-6-7-11-9(12)8-4-2-1-3-5-8/h8H,1-7H2,(H,11,12). The van der Waals surface area contributed by atoms with E-state index < -0.39 is 0 Å². The molecule has 0 aliphatic heterocycles. The van der Waals surface area contributed by atoms with E-state index >= 15 is 0 Å². The highest BCUT2D eigenvalue weighted by atomic mass is 127. The second-order valence-corrected chi connectivity index (χ2v) is 4.39. The van der Waals surface area contributed by atoms with Gasteiger partial charge in [-0.25, -0.2) is 0 Å². The summed E-state index contributed by atoms with van der Waals surface area (Å²) in [6, 6.07) is 0. The topological polar surface area (TPSA) is 29.1 Å². The Balaban J connectivity index is 2.20. The summed E-state index contributed by atoms with van der Waals surface area (Å²) in [6.45, 7) is 0.829. The average Bonchev–Trinajstić information content (AvgIpc) is 2.15. The van der Waals surface area contributed by atoms with Crippen LogP contribution in [0.15, 0.2) is 0 Å². The van der Waals surface area contributed by atoms with E-state index in [2.05, 4.69) is 27.9 Å². The zero-order valence-electron chi connectivity index (χ0n) is 7.31. The molecule has 0 saturated heterocycles. The van der Waals surface area contributed by atoms with E-state index in [0.717, 1.165) is 23.8 Å². The maximum absolute atomic E-state index is 11.4. The van der Waals surface area contributed by atoms with Crippen LogP contribution in [0.25, 0.3) is 0 Å². The highest BCUT2D eigenvalue weighted by Crippen LogP contribution is 2.23. The van der Waals surface area contributed by atoms with Gasteiger partial charge in [-0.3, -0.25) is 4.79 Å². The van der Waals surface area contributed by atoms with Crippen molar-refractivity contribution in [3.8, 4) is 0 Å². The van der Waals surface area contributed by atoms with Gasteiger partial charge in [-0.05, 0) is 12.8 Å². The predicted molar refractivity (Wildman–Crippen MR) is 58.5 cm³/mol. The summed E-state index contributed by atoms with van der Waals surface area (Å²) in [5, 5.41) is 2.96. The molecule has 0 radical (unpaired) electrons. The molecule has 0 aromatic rings. The van der Waals surface area contributed by atoms with Gasteiger partial charge in [0.1, 0.15) is 0 Å². The number of carbonyl (C=O) groups is 1. The molecule has 1 aliphatic carbocycles. The van der Waals surface area contributed by atoms with Crippen LogP contribution in [-0.2, 0) is 4.79 Å². The molecule has 0 atom stereocenters. The van der Waals surface area contributed by atoms with Crippen molar-refractivity contribution in [2.45, 2.75) is 32.1 Å². The number of alkyl halides is 1. The van der Waals surface area contributed by atoms with Gasteiger partial charge in [0.05, 0.1) is 0 Å². The minimum Gasteiger partial charge on any atom is -0.355 e. The first-order valence-corrected chi connectivity index (χ1v) is 6.21. The zero-order valence-corrected chi connectivity index (χ0v) is 9.47. The molecule has 12 heavy (non-hydrogen) atoms. The highest BCUT2D eigenvalue weighted by Gasteiger charge is 2.19. The van der Waals surface area contributed by atoms with E-state index in [9.17, 15) is 4.79 Å².